The fraction of sp³-hybridized carbons (Fsp3) is 0.0800. The van der Waals surface area contributed by atoms with Gasteiger partial charge in [-0.1, -0.05) is 54.6 Å². The molecule has 1 N–H and O–H groups in total. The summed E-state index contributed by atoms with van der Waals surface area (Å²) < 4.78 is 5.66. The molecule has 3 aromatic rings. The molecule has 1 fully saturated rings. The van der Waals surface area contributed by atoms with Crippen molar-refractivity contribution < 1.29 is 24.0 Å². The molecule has 0 spiro atoms. The number of hydrogen-bond donors (Lipinski definition) is 1. The summed E-state index contributed by atoms with van der Waals surface area (Å²) in [6.45, 7) is -0.462. The van der Waals surface area contributed by atoms with E-state index in [1.54, 1.807) is 54.6 Å². The van der Waals surface area contributed by atoms with Gasteiger partial charge in [0.15, 0.2) is 6.61 Å². The molecule has 4 rings (SSSR count). The van der Waals surface area contributed by atoms with Crippen LogP contribution in [0.3, 0.4) is 0 Å². The summed E-state index contributed by atoms with van der Waals surface area (Å²) in [5.41, 5.74) is 1.25. The number of rotatable bonds is 8. The SMILES string of the molecule is O=C(COc1ccccc1/C=C1/SC(=O)N(Cc2ccccc2[N+](=O)[O-])C1=O)Nc1ccccc1. The van der Waals surface area contributed by atoms with Crippen molar-refractivity contribution in [1.82, 2.24) is 4.90 Å². The van der Waals surface area contributed by atoms with E-state index >= 15 is 0 Å². The molecule has 0 aromatic heterocycles. The van der Waals surface area contributed by atoms with Gasteiger partial charge in [0.05, 0.1) is 16.4 Å². The zero-order valence-corrected chi connectivity index (χ0v) is 19.1. The van der Waals surface area contributed by atoms with Crippen molar-refractivity contribution in [2.24, 2.45) is 0 Å². The topological polar surface area (TPSA) is 119 Å². The summed E-state index contributed by atoms with van der Waals surface area (Å²) in [4.78, 5) is 49.5. The zero-order valence-electron chi connectivity index (χ0n) is 18.2. The van der Waals surface area contributed by atoms with Crippen LogP contribution in [0.2, 0.25) is 0 Å². The number of carbonyl (C=O) groups is 3. The van der Waals surface area contributed by atoms with Crippen LogP contribution < -0.4 is 10.1 Å². The molecule has 1 aliphatic rings. The number of ether oxygens (including phenoxy) is 1. The maximum Gasteiger partial charge on any atom is 0.293 e. The van der Waals surface area contributed by atoms with Crippen LogP contribution in [0.5, 0.6) is 5.75 Å². The summed E-state index contributed by atoms with van der Waals surface area (Å²) in [5, 5.41) is 13.5. The molecule has 3 aromatic carbocycles. The van der Waals surface area contributed by atoms with Crippen LogP contribution in [0.1, 0.15) is 11.1 Å². The molecule has 0 saturated carbocycles. The number of benzene rings is 3. The van der Waals surface area contributed by atoms with Gasteiger partial charge in [0.25, 0.3) is 22.7 Å². The Hall–Kier alpha value is -4.44. The molecule has 176 valence electrons. The van der Waals surface area contributed by atoms with E-state index in [1.165, 1.54) is 24.3 Å². The molecule has 9 nitrogen and oxygen atoms in total. The summed E-state index contributed by atoms with van der Waals surface area (Å²) in [6, 6.07) is 21.7. The first kappa shape index (κ1) is 23.7. The normalized spacial score (nSPS) is 14.3. The highest BCUT2D eigenvalue weighted by Crippen LogP contribution is 2.35. The molecule has 35 heavy (non-hydrogen) atoms. The molecule has 0 bridgehead atoms. The molecule has 10 heteroatoms. The first-order valence-electron chi connectivity index (χ1n) is 10.5. The summed E-state index contributed by atoms with van der Waals surface area (Å²) >= 11 is 0.739. The number of nitrogens with one attached hydrogen (secondary N) is 1. The van der Waals surface area contributed by atoms with Gasteiger partial charge in [-0.3, -0.25) is 29.4 Å². The van der Waals surface area contributed by atoms with Gasteiger partial charge in [0.2, 0.25) is 0 Å². The van der Waals surface area contributed by atoms with E-state index in [9.17, 15) is 24.5 Å². The number of imide groups is 1. The lowest BCUT2D eigenvalue weighted by molar-refractivity contribution is -0.385. The molecule has 0 unspecified atom stereocenters. The number of hydrogen-bond acceptors (Lipinski definition) is 7. The van der Waals surface area contributed by atoms with Crippen LogP contribution >= 0.6 is 11.8 Å². The van der Waals surface area contributed by atoms with E-state index in [0.29, 0.717) is 17.0 Å². The average Bonchev–Trinajstić information content (AvgIpc) is 3.11. The summed E-state index contributed by atoms with van der Waals surface area (Å²) in [6.07, 6.45) is 1.51. The fourth-order valence-corrected chi connectivity index (χ4v) is 4.19. The Labute approximate surface area is 204 Å². The molecule has 1 saturated heterocycles. The van der Waals surface area contributed by atoms with Crippen LogP contribution in [0.25, 0.3) is 6.08 Å². The summed E-state index contributed by atoms with van der Waals surface area (Å²) in [7, 11) is 0. The predicted molar refractivity (Wildman–Crippen MR) is 132 cm³/mol. The quantitative estimate of drug-likeness (QED) is 0.273. The second-order valence-electron chi connectivity index (χ2n) is 7.39. The fourth-order valence-electron chi connectivity index (χ4n) is 3.36. The van der Waals surface area contributed by atoms with Crippen molar-refractivity contribution in [2.45, 2.75) is 6.54 Å². The highest BCUT2D eigenvalue weighted by atomic mass is 32.2. The smallest absolute Gasteiger partial charge is 0.293 e. The number of amides is 3. The average molecular weight is 490 g/mol. The van der Waals surface area contributed by atoms with E-state index in [-0.39, 0.29) is 35.2 Å². The van der Waals surface area contributed by atoms with Crippen LogP contribution in [0, 0.1) is 10.1 Å². The Morgan fingerprint density at radius 1 is 1.00 bits per heavy atom. The molecular weight excluding hydrogens is 470 g/mol. The number of nitro groups is 1. The van der Waals surface area contributed by atoms with Gasteiger partial charge in [0.1, 0.15) is 5.75 Å². The monoisotopic (exact) mass is 489 g/mol. The number of nitrogens with zero attached hydrogens (tertiary/aromatic N) is 2. The van der Waals surface area contributed by atoms with Crippen LogP contribution in [0.15, 0.2) is 83.8 Å². The number of para-hydroxylation sites is 3. The van der Waals surface area contributed by atoms with E-state index in [2.05, 4.69) is 5.32 Å². The third kappa shape index (κ3) is 5.74. The van der Waals surface area contributed by atoms with Gasteiger partial charge in [-0.25, -0.2) is 0 Å². The molecule has 3 amide bonds. The number of nitro benzene ring substituents is 1. The molecule has 1 heterocycles. The maximum atomic E-state index is 12.9. The minimum absolute atomic E-state index is 0.151. The lowest BCUT2D eigenvalue weighted by Gasteiger charge is -2.12. The minimum Gasteiger partial charge on any atom is -0.483 e. The molecule has 0 aliphatic carbocycles. The third-order valence-electron chi connectivity index (χ3n) is 5.01. The first-order valence-corrected chi connectivity index (χ1v) is 11.3. The Morgan fingerprint density at radius 3 is 2.46 bits per heavy atom. The molecule has 0 radical (unpaired) electrons. The first-order chi connectivity index (χ1) is 16.9. The molecule has 1 aliphatic heterocycles. The van der Waals surface area contributed by atoms with Crippen molar-refractivity contribution in [1.29, 1.82) is 0 Å². The second kappa shape index (κ2) is 10.7. The maximum absolute atomic E-state index is 12.9. The van der Waals surface area contributed by atoms with Gasteiger partial charge in [-0.05, 0) is 36.0 Å². The number of anilines is 1. The lowest BCUT2D eigenvalue weighted by Crippen LogP contribution is -2.27. The van der Waals surface area contributed by atoms with Gasteiger partial charge in [0, 0.05) is 22.9 Å². The van der Waals surface area contributed by atoms with E-state index in [1.807, 2.05) is 6.07 Å². The van der Waals surface area contributed by atoms with Crippen LogP contribution in [-0.4, -0.2) is 33.5 Å². The largest absolute Gasteiger partial charge is 0.483 e. The second-order valence-corrected chi connectivity index (χ2v) is 8.39. The van der Waals surface area contributed by atoms with Gasteiger partial charge >= 0.3 is 0 Å². The van der Waals surface area contributed by atoms with Crippen molar-refractivity contribution in [3.8, 4) is 5.75 Å². The standard InChI is InChI=1S/C25H19N3O6S/c29-23(26-19-10-2-1-3-11-19)16-34-21-13-7-5-8-17(21)14-22-24(30)27(25(31)35-22)15-18-9-4-6-12-20(18)28(32)33/h1-14H,15-16H2,(H,26,29)/b22-14+. The van der Waals surface area contributed by atoms with Crippen LogP contribution in [-0.2, 0) is 16.1 Å². The van der Waals surface area contributed by atoms with Crippen molar-refractivity contribution in [3.05, 3.63) is 105 Å². The minimum atomic E-state index is -0.560. The van der Waals surface area contributed by atoms with E-state index in [4.69, 9.17) is 4.74 Å². The van der Waals surface area contributed by atoms with Crippen molar-refractivity contribution in [3.63, 3.8) is 0 Å². The Kier molecular flexibility index (Phi) is 7.22. The Bertz CT molecular complexity index is 1330. The van der Waals surface area contributed by atoms with Gasteiger partial charge in [-0.15, -0.1) is 0 Å². The highest BCUT2D eigenvalue weighted by Gasteiger charge is 2.36. The van der Waals surface area contributed by atoms with Crippen molar-refractivity contribution in [2.75, 3.05) is 11.9 Å². The Morgan fingerprint density at radius 2 is 1.69 bits per heavy atom. The molecule has 0 atom stereocenters. The highest BCUT2D eigenvalue weighted by molar-refractivity contribution is 8.18. The zero-order chi connectivity index (χ0) is 24.8. The van der Waals surface area contributed by atoms with Gasteiger partial charge < -0.3 is 10.1 Å². The van der Waals surface area contributed by atoms with Crippen molar-refractivity contribution >= 4 is 46.3 Å². The van der Waals surface area contributed by atoms with Crippen LogP contribution in [0.4, 0.5) is 16.2 Å². The van der Waals surface area contributed by atoms with E-state index in [0.717, 1.165) is 16.7 Å². The third-order valence-corrected chi connectivity index (χ3v) is 5.92. The predicted octanol–water partition coefficient (Wildman–Crippen LogP) is 4.85. The number of carbonyl (C=O) groups excluding carboxylic acids is 3. The summed E-state index contributed by atoms with van der Waals surface area (Å²) in [5.74, 6) is -0.549. The molecular formula is C25H19N3O6S. The number of thioether (sulfide) groups is 1. The Balaban J connectivity index is 1.47. The van der Waals surface area contributed by atoms with E-state index < -0.39 is 16.1 Å². The van der Waals surface area contributed by atoms with Gasteiger partial charge in [-0.2, -0.15) is 0 Å². The lowest BCUT2D eigenvalue weighted by atomic mass is 10.1.